The summed E-state index contributed by atoms with van der Waals surface area (Å²) in [6.45, 7) is -0.123. The van der Waals surface area contributed by atoms with Crippen LogP contribution in [-0.2, 0) is 22.7 Å². The van der Waals surface area contributed by atoms with Gasteiger partial charge in [0.15, 0.2) is 0 Å². The normalized spacial score (nSPS) is 14.4. The van der Waals surface area contributed by atoms with Gasteiger partial charge in [-0.25, -0.2) is 19.2 Å². The largest absolute Gasteiger partial charge is 0.481 e. The molecule has 2 atom stereocenters. The predicted octanol–water partition coefficient (Wildman–Crippen LogP) is 5.23. The Labute approximate surface area is 336 Å². The Hall–Kier alpha value is -5.61. The van der Waals surface area contributed by atoms with Crippen molar-refractivity contribution in [1.29, 1.82) is 0 Å². The van der Waals surface area contributed by atoms with Gasteiger partial charge < -0.3 is 35.4 Å². The second-order valence-corrected chi connectivity index (χ2v) is 14.5. The SMILES string of the molecule is COc1nc(-c2cccc(-c3cccc(-c4ccn5c(=O)c(CNC[C@@H](O)CC(=O)N(C)C)cnc5c4)c3Cl)c2Cl)cc(F)c1CN(C[C@@H]1CCC(=O)N1)C(=O)O. The zero-order chi connectivity index (χ0) is 41.0. The fourth-order valence-electron chi connectivity index (χ4n) is 6.58. The van der Waals surface area contributed by atoms with E-state index in [1.165, 1.54) is 28.7 Å². The molecule has 57 heavy (non-hydrogen) atoms. The summed E-state index contributed by atoms with van der Waals surface area (Å²) in [6.07, 6.45) is 1.60. The summed E-state index contributed by atoms with van der Waals surface area (Å²) in [5.74, 6) is -1.24. The van der Waals surface area contributed by atoms with Gasteiger partial charge in [0.2, 0.25) is 17.7 Å². The number of benzene rings is 2. The second kappa shape index (κ2) is 17.7. The summed E-state index contributed by atoms with van der Waals surface area (Å²) in [6, 6.07) is 14.8. The van der Waals surface area contributed by atoms with E-state index in [1.54, 1.807) is 62.8 Å². The smallest absolute Gasteiger partial charge is 0.407 e. The highest BCUT2D eigenvalue weighted by molar-refractivity contribution is 6.39. The number of aliphatic hydroxyl groups is 1. The molecule has 2 aromatic carbocycles. The lowest BCUT2D eigenvalue weighted by atomic mass is 9.97. The number of aliphatic hydroxyl groups excluding tert-OH is 1. The van der Waals surface area contributed by atoms with Crippen LogP contribution in [0.4, 0.5) is 9.18 Å². The monoisotopic (exact) mass is 819 g/mol. The molecule has 4 heterocycles. The highest BCUT2D eigenvalue weighted by Gasteiger charge is 2.28. The molecule has 0 bridgehead atoms. The Morgan fingerprint density at radius 2 is 1.75 bits per heavy atom. The number of pyridine rings is 2. The number of nitrogens with zero attached hydrogens (tertiary/aromatic N) is 5. The molecule has 0 spiro atoms. The van der Waals surface area contributed by atoms with Crippen LogP contribution in [0.3, 0.4) is 0 Å². The maximum atomic E-state index is 15.8. The Balaban J connectivity index is 1.24. The third-order valence-electron chi connectivity index (χ3n) is 9.63. The van der Waals surface area contributed by atoms with Gasteiger partial charge in [-0.3, -0.25) is 18.8 Å². The van der Waals surface area contributed by atoms with Crippen LogP contribution in [0.5, 0.6) is 5.88 Å². The van der Waals surface area contributed by atoms with E-state index in [1.807, 2.05) is 6.07 Å². The fourth-order valence-corrected chi connectivity index (χ4v) is 7.24. The van der Waals surface area contributed by atoms with E-state index in [0.717, 1.165) is 4.90 Å². The average Bonchev–Trinajstić information content (AvgIpc) is 3.60. The lowest BCUT2D eigenvalue weighted by molar-refractivity contribution is -0.130. The van der Waals surface area contributed by atoms with E-state index in [9.17, 15) is 29.4 Å². The highest BCUT2D eigenvalue weighted by Crippen LogP contribution is 2.42. The van der Waals surface area contributed by atoms with Crippen molar-refractivity contribution >= 4 is 46.8 Å². The molecule has 1 fully saturated rings. The number of nitrogens with one attached hydrogen (secondary N) is 2. The molecule has 0 saturated carbocycles. The molecule has 0 unspecified atom stereocenters. The zero-order valence-electron chi connectivity index (χ0n) is 31.3. The van der Waals surface area contributed by atoms with Crippen molar-refractivity contribution in [3.63, 3.8) is 0 Å². The van der Waals surface area contributed by atoms with Gasteiger partial charge in [0, 0.05) is 92.5 Å². The third-order valence-corrected chi connectivity index (χ3v) is 10.4. The molecule has 3 aromatic heterocycles. The van der Waals surface area contributed by atoms with Crippen molar-refractivity contribution in [1.82, 2.24) is 34.8 Å². The van der Waals surface area contributed by atoms with Crippen LogP contribution >= 0.6 is 23.2 Å². The first kappa shape index (κ1) is 41.0. The molecule has 1 aliphatic rings. The Morgan fingerprint density at radius 3 is 2.40 bits per heavy atom. The number of hydrogen-bond acceptors (Lipinski definition) is 9. The molecule has 1 saturated heterocycles. The van der Waals surface area contributed by atoms with Crippen LogP contribution in [0.1, 0.15) is 30.4 Å². The molecule has 0 radical (unpaired) electrons. The summed E-state index contributed by atoms with van der Waals surface area (Å²) in [5, 5.41) is 26.3. The fraction of sp³-hybridized carbons (Fsp3) is 0.300. The molecule has 17 heteroatoms. The number of aromatic nitrogens is 3. The molecule has 0 aliphatic carbocycles. The van der Waals surface area contributed by atoms with E-state index < -0.39 is 18.0 Å². The molecular weight excluding hydrogens is 780 g/mol. The number of carboxylic acid groups (broad SMARTS) is 1. The average molecular weight is 821 g/mol. The third kappa shape index (κ3) is 9.18. The van der Waals surface area contributed by atoms with Crippen molar-refractivity contribution in [2.45, 2.75) is 44.5 Å². The standard InChI is InChI=1S/C40H40Cl2FN7O7/c1-48(2)35(53)15-25(51)19-44-17-23-18-45-33-14-22(12-13-50(33)39(23)54)26-6-4-7-27(36(26)41)28-8-5-9-29(37(28)42)32-16-31(43)30(38(47-32)57-3)21-49(40(55)56)20-24-10-11-34(52)46-24/h4-9,12-14,16,18,24-25,44,51H,10-11,15,17,19-21H2,1-3H3,(H,46,52)(H,55,56)/t24-,25-/m0/s1. The molecule has 3 amide bonds. The van der Waals surface area contributed by atoms with Gasteiger partial charge in [0.25, 0.3) is 5.56 Å². The van der Waals surface area contributed by atoms with E-state index >= 15 is 4.39 Å². The maximum absolute atomic E-state index is 15.8. The lowest BCUT2D eigenvalue weighted by Gasteiger charge is -2.24. The number of fused-ring (bicyclic) bond motifs is 1. The second-order valence-electron chi connectivity index (χ2n) is 13.8. The number of amides is 3. The summed E-state index contributed by atoms with van der Waals surface area (Å²) in [7, 11) is 4.53. The van der Waals surface area contributed by atoms with E-state index in [0.29, 0.717) is 56.9 Å². The van der Waals surface area contributed by atoms with Crippen molar-refractivity contribution in [2.24, 2.45) is 0 Å². The van der Waals surface area contributed by atoms with Gasteiger partial charge in [-0.15, -0.1) is 0 Å². The number of hydrogen-bond donors (Lipinski definition) is 4. The molecular formula is C40H40Cl2FN7O7. The van der Waals surface area contributed by atoms with Crippen molar-refractivity contribution in [2.75, 3.05) is 34.3 Å². The van der Waals surface area contributed by atoms with Crippen LogP contribution in [0, 0.1) is 5.82 Å². The number of carbonyl (C=O) groups is 3. The van der Waals surface area contributed by atoms with Crippen LogP contribution < -0.4 is 20.9 Å². The Kier molecular flexibility index (Phi) is 12.7. The molecule has 4 N–H and O–H groups in total. The summed E-state index contributed by atoms with van der Waals surface area (Å²) < 4.78 is 22.7. The number of halogens is 3. The van der Waals surface area contributed by atoms with Gasteiger partial charge in [0.1, 0.15) is 11.5 Å². The van der Waals surface area contributed by atoms with Gasteiger partial charge in [-0.1, -0.05) is 59.6 Å². The summed E-state index contributed by atoms with van der Waals surface area (Å²) in [5.41, 5.74) is 3.32. The summed E-state index contributed by atoms with van der Waals surface area (Å²) in [4.78, 5) is 60.3. The Morgan fingerprint density at radius 1 is 1.07 bits per heavy atom. The van der Waals surface area contributed by atoms with Crippen molar-refractivity contribution in [3.8, 4) is 39.4 Å². The maximum Gasteiger partial charge on any atom is 0.407 e. The first-order valence-electron chi connectivity index (χ1n) is 17.9. The minimum Gasteiger partial charge on any atom is -0.481 e. The predicted molar refractivity (Wildman–Crippen MR) is 213 cm³/mol. The molecule has 1 aliphatic heterocycles. The summed E-state index contributed by atoms with van der Waals surface area (Å²) >= 11 is 14.1. The van der Waals surface area contributed by atoms with Gasteiger partial charge >= 0.3 is 6.09 Å². The van der Waals surface area contributed by atoms with Crippen LogP contribution in [0.2, 0.25) is 10.0 Å². The van der Waals surface area contributed by atoms with Gasteiger partial charge in [-0.2, -0.15) is 0 Å². The number of rotatable bonds is 14. The van der Waals surface area contributed by atoms with Gasteiger partial charge in [0.05, 0.1) is 47.5 Å². The lowest BCUT2D eigenvalue weighted by Crippen LogP contribution is -2.41. The Bertz CT molecular complexity index is 2410. The molecule has 5 aromatic rings. The first-order chi connectivity index (χ1) is 27.2. The van der Waals surface area contributed by atoms with Crippen LogP contribution in [0.15, 0.2) is 71.8 Å². The number of carbonyl (C=O) groups excluding carboxylic acids is 2. The molecule has 298 valence electrons. The minimum absolute atomic E-state index is 0.0260. The zero-order valence-corrected chi connectivity index (χ0v) is 32.8. The molecule has 14 nitrogen and oxygen atoms in total. The minimum atomic E-state index is -1.28. The first-order valence-corrected chi connectivity index (χ1v) is 18.7. The van der Waals surface area contributed by atoms with E-state index in [4.69, 9.17) is 27.9 Å². The quantitative estimate of drug-likeness (QED) is 0.116. The van der Waals surface area contributed by atoms with Gasteiger partial charge in [-0.05, 0) is 24.1 Å². The number of methoxy groups -OCH3 is 1. The topological polar surface area (TPSA) is 179 Å². The van der Waals surface area contributed by atoms with E-state index in [2.05, 4.69) is 20.6 Å². The van der Waals surface area contributed by atoms with Crippen molar-refractivity contribution < 1.29 is 33.7 Å². The molecule has 6 rings (SSSR count). The highest BCUT2D eigenvalue weighted by atomic mass is 35.5. The van der Waals surface area contributed by atoms with Crippen LogP contribution in [0.25, 0.3) is 39.2 Å². The van der Waals surface area contributed by atoms with Crippen LogP contribution in [-0.4, -0.2) is 98.7 Å². The number of ether oxygens (including phenoxy) is 1. The van der Waals surface area contributed by atoms with E-state index in [-0.39, 0.29) is 78.2 Å². The van der Waals surface area contributed by atoms with Crippen molar-refractivity contribution in [3.05, 3.63) is 104 Å².